The molecule has 3 fully saturated rings. The second kappa shape index (κ2) is 15.9. The number of amides is 4. The number of Topliss-reactive ketones (excluding diaryl/α,β-unsaturated/α-hetero) is 1. The number of nitrogens with zero attached hydrogens (tertiary/aromatic N) is 2. The molecule has 1 saturated heterocycles. The molecule has 4 N–H and O–H groups in total. The number of aliphatic hydroxyl groups excluding tert-OH is 1. The molecule has 0 bridgehead atoms. The zero-order chi connectivity index (χ0) is 38.0. The third-order valence-electron chi connectivity index (χ3n) is 10.9. The second-order valence-electron chi connectivity index (χ2n) is 16.5. The molecular weight excluding hydrogens is 666 g/mol. The number of ether oxygens (including phenoxy) is 1. The molecule has 286 valence electrons. The van der Waals surface area contributed by atoms with Crippen molar-refractivity contribution in [1.82, 2.24) is 20.9 Å². The number of hydrogen-bond acceptors (Lipinski definition) is 9. The van der Waals surface area contributed by atoms with Crippen LogP contribution in [0.2, 0.25) is 0 Å². The first-order chi connectivity index (χ1) is 24.5. The summed E-state index contributed by atoms with van der Waals surface area (Å²) in [6.07, 6.45) is 5.54. The first-order valence-corrected chi connectivity index (χ1v) is 18.9. The second-order valence-corrected chi connectivity index (χ2v) is 16.5. The number of aryl methyl sites for hydroxylation is 2. The Hall–Kier alpha value is -4.00. The van der Waals surface area contributed by atoms with Gasteiger partial charge in [-0.3, -0.25) is 24.0 Å². The summed E-state index contributed by atoms with van der Waals surface area (Å²) in [6.45, 7) is 11.4. The van der Waals surface area contributed by atoms with Crippen LogP contribution >= 0.6 is 0 Å². The number of methoxy groups -OCH3 is 1. The number of carbonyl (C=O) groups excluding carboxylic acids is 5. The van der Waals surface area contributed by atoms with Crippen molar-refractivity contribution < 1.29 is 38.7 Å². The van der Waals surface area contributed by atoms with Crippen LogP contribution in [-0.4, -0.2) is 94.7 Å². The molecule has 13 heteroatoms. The van der Waals surface area contributed by atoms with Crippen LogP contribution in [-0.2, 0) is 28.8 Å². The van der Waals surface area contributed by atoms with Crippen molar-refractivity contribution in [1.29, 1.82) is 0 Å². The van der Waals surface area contributed by atoms with E-state index in [1.165, 1.54) is 4.90 Å². The van der Waals surface area contributed by atoms with Gasteiger partial charge < -0.3 is 35.5 Å². The molecule has 2 heterocycles. The molecule has 1 aromatic rings. The van der Waals surface area contributed by atoms with Gasteiger partial charge in [0.25, 0.3) is 5.91 Å². The average molecular weight is 724 g/mol. The van der Waals surface area contributed by atoms with Crippen LogP contribution in [0.15, 0.2) is 17.3 Å². The summed E-state index contributed by atoms with van der Waals surface area (Å²) in [7, 11) is 1.63. The van der Waals surface area contributed by atoms with E-state index in [1.807, 2.05) is 53.7 Å². The zero-order valence-electron chi connectivity index (χ0n) is 31.8. The van der Waals surface area contributed by atoms with Gasteiger partial charge in [-0.1, -0.05) is 39.3 Å². The van der Waals surface area contributed by atoms with Crippen molar-refractivity contribution in [3.8, 4) is 5.75 Å². The summed E-state index contributed by atoms with van der Waals surface area (Å²) in [5, 5.41) is 22.9. The average Bonchev–Trinajstić information content (AvgIpc) is 3.67. The summed E-state index contributed by atoms with van der Waals surface area (Å²) in [5.74, 6) is -1.79. The zero-order valence-corrected chi connectivity index (χ0v) is 31.8. The van der Waals surface area contributed by atoms with E-state index in [-0.39, 0.29) is 49.8 Å². The van der Waals surface area contributed by atoms with Crippen LogP contribution < -0.4 is 20.7 Å². The number of aliphatic hydroxyl groups is 1. The Morgan fingerprint density at radius 2 is 1.69 bits per heavy atom. The fraction of sp³-hybridized carbons (Fsp3) is 0.692. The minimum absolute atomic E-state index is 0.0153. The molecule has 1 aromatic carbocycles. The molecule has 52 heavy (non-hydrogen) atoms. The molecular formula is C39H57N5O8. The summed E-state index contributed by atoms with van der Waals surface area (Å²) in [5.41, 5.74) is 1.65. The summed E-state index contributed by atoms with van der Waals surface area (Å²) in [4.78, 5) is 75.9. The van der Waals surface area contributed by atoms with Gasteiger partial charge in [0.1, 0.15) is 17.8 Å². The van der Waals surface area contributed by atoms with Crippen molar-refractivity contribution in [2.24, 2.45) is 16.5 Å². The van der Waals surface area contributed by atoms with Gasteiger partial charge in [0.2, 0.25) is 23.5 Å². The van der Waals surface area contributed by atoms with Gasteiger partial charge >= 0.3 is 0 Å². The fourth-order valence-corrected chi connectivity index (χ4v) is 7.84. The summed E-state index contributed by atoms with van der Waals surface area (Å²) >= 11 is 0. The van der Waals surface area contributed by atoms with E-state index in [1.54, 1.807) is 7.11 Å². The monoisotopic (exact) mass is 723 g/mol. The lowest BCUT2D eigenvalue weighted by Gasteiger charge is -2.36. The van der Waals surface area contributed by atoms with E-state index >= 15 is 0 Å². The van der Waals surface area contributed by atoms with Gasteiger partial charge in [-0.25, -0.2) is 0 Å². The molecule has 2 saturated carbocycles. The van der Waals surface area contributed by atoms with E-state index in [4.69, 9.17) is 9.57 Å². The lowest BCUT2D eigenvalue weighted by Crippen LogP contribution is -2.59. The molecule has 0 unspecified atom stereocenters. The van der Waals surface area contributed by atoms with Crippen molar-refractivity contribution >= 4 is 35.1 Å². The Labute approximate surface area is 307 Å². The van der Waals surface area contributed by atoms with Crippen molar-refractivity contribution in [2.75, 3.05) is 13.7 Å². The van der Waals surface area contributed by atoms with E-state index in [9.17, 15) is 29.1 Å². The molecule has 4 atom stereocenters. The lowest BCUT2D eigenvalue weighted by atomic mass is 9.83. The predicted molar refractivity (Wildman–Crippen MR) is 195 cm³/mol. The standard InChI is InChI=1S/C39H57N5O8/c1-8-9-28(32(47)36(49)40-26-12-13-26)41-35(48)30-20-39(19-29(43-52-39)25-16-22(2)33(51-7)23(3)17-25)21-44(30)37(50)34(38(4,5)6)42-31(46)18-24-10-14-27(45)15-11-24/h16-17,24,26-28,30,34,45H,8-15,18-21H2,1-7H3,(H,40,49)(H,41,48)(H,42,46)/t24?,27?,28-,30-,34+,39+/m0/s1. The van der Waals surface area contributed by atoms with Crippen LogP contribution in [0.4, 0.5) is 0 Å². The molecule has 0 radical (unpaired) electrons. The van der Waals surface area contributed by atoms with Crippen molar-refractivity contribution in [3.05, 3.63) is 28.8 Å². The Kier molecular flexibility index (Phi) is 12.0. The number of likely N-dealkylation sites (tertiary alicyclic amines) is 1. The SMILES string of the molecule is CCC[C@H](NC(=O)[C@@H]1C[C@]2(CC(c3cc(C)c(OC)c(C)c3)=NO2)CN1C(=O)[C@@H](NC(=O)CC1CCC(O)CC1)C(C)(C)C)C(=O)C(=O)NC1CC1. The van der Waals surface area contributed by atoms with E-state index < -0.39 is 52.6 Å². The molecule has 4 aliphatic rings. The van der Waals surface area contributed by atoms with Gasteiger partial charge in [0, 0.05) is 30.9 Å². The smallest absolute Gasteiger partial charge is 0.289 e. The molecule has 2 aliphatic heterocycles. The van der Waals surface area contributed by atoms with Crippen molar-refractivity contribution in [2.45, 2.75) is 148 Å². The Morgan fingerprint density at radius 1 is 1.04 bits per heavy atom. The van der Waals surface area contributed by atoms with Gasteiger partial charge in [0.05, 0.1) is 31.5 Å². The van der Waals surface area contributed by atoms with E-state index in [0.717, 1.165) is 48.1 Å². The highest BCUT2D eigenvalue weighted by atomic mass is 16.7. The maximum Gasteiger partial charge on any atom is 0.289 e. The normalized spacial score (nSPS) is 25.5. The Balaban J connectivity index is 1.40. The van der Waals surface area contributed by atoms with Crippen LogP contribution in [0.5, 0.6) is 5.75 Å². The van der Waals surface area contributed by atoms with Gasteiger partial charge in [-0.2, -0.15) is 0 Å². The number of hydrogen-bond donors (Lipinski definition) is 4. The van der Waals surface area contributed by atoms with Gasteiger partial charge in [-0.05, 0) is 93.4 Å². The van der Waals surface area contributed by atoms with E-state index in [0.29, 0.717) is 31.4 Å². The maximum absolute atomic E-state index is 14.7. The minimum atomic E-state index is -1.06. The van der Waals surface area contributed by atoms with Crippen LogP contribution in [0.3, 0.4) is 0 Å². The predicted octanol–water partition coefficient (Wildman–Crippen LogP) is 3.38. The molecule has 1 spiro atoms. The highest BCUT2D eigenvalue weighted by Gasteiger charge is 2.56. The number of benzene rings is 1. The first kappa shape index (κ1) is 39.2. The van der Waals surface area contributed by atoms with Crippen molar-refractivity contribution in [3.63, 3.8) is 0 Å². The number of carbonyl (C=O) groups is 5. The van der Waals surface area contributed by atoms with Crippen LogP contribution in [0.25, 0.3) is 0 Å². The largest absolute Gasteiger partial charge is 0.496 e. The lowest BCUT2D eigenvalue weighted by molar-refractivity contribution is -0.145. The molecule has 4 amide bonds. The summed E-state index contributed by atoms with van der Waals surface area (Å²) in [6, 6.07) is 0.853. The molecule has 0 aromatic heterocycles. The summed E-state index contributed by atoms with van der Waals surface area (Å²) < 4.78 is 5.54. The van der Waals surface area contributed by atoms with Gasteiger partial charge in [0.15, 0.2) is 5.60 Å². The van der Waals surface area contributed by atoms with Crippen LogP contribution in [0, 0.1) is 25.2 Å². The molecule has 5 rings (SSSR count). The first-order valence-electron chi connectivity index (χ1n) is 18.9. The number of ketones is 1. The van der Waals surface area contributed by atoms with Gasteiger partial charge in [-0.15, -0.1) is 0 Å². The fourth-order valence-electron chi connectivity index (χ4n) is 7.84. The Morgan fingerprint density at radius 3 is 2.27 bits per heavy atom. The highest BCUT2D eigenvalue weighted by Crippen LogP contribution is 2.41. The van der Waals surface area contributed by atoms with E-state index in [2.05, 4.69) is 21.1 Å². The quantitative estimate of drug-likeness (QED) is 0.224. The highest BCUT2D eigenvalue weighted by molar-refractivity contribution is 6.38. The van der Waals surface area contributed by atoms with Crippen LogP contribution in [0.1, 0.15) is 115 Å². The molecule has 2 aliphatic carbocycles. The maximum atomic E-state index is 14.7. The molecule has 13 nitrogen and oxygen atoms in total. The minimum Gasteiger partial charge on any atom is -0.496 e. The Bertz CT molecular complexity index is 1550. The third kappa shape index (κ3) is 9.13. The number of rotatable bonds is 13. The number of nitrogens with one attached hydrogen (secondary N) is 3. The topological polar surface area (TPSA) is 176 Å². The third-order valence-corrected chi connectivity index (χ3v) is 10.9. The number of oxime groups is 1.